The molecule has 1 aromatic heterocycles. The number of aromatic nitrogens is 1. The van der Waals surface area contributed by atoms with Gasteiger partial charge < -0.3 is 15.4 Å². The number of aliphatic hydroxyl groups excluding tert-OH is 1. The zero-order chi connectivity index (χ0) is 14.8. The number of H-pyrrole nitrogens is 1. The Labute approximate surface area is 131 Å². The molecule has 7 heteroatoms. The van der Waals surface area contributed by atoms with Crippen molar-refractivity contribution in [1.29, 1.82) is 0 Å². The van der Waals surface area contributed by atoms with Gasteiger partial charge in [-0.3, -0.25) is 4.79 Å². The lowest BCUT2D eigenvalue weighted by molar-refractivity contribution is -0.121. The Hall–Kier alpha value is -0.940. The molecule has 3 N–H and O–H groups in total. The fraction of sp³-hybridized carbons (Fsp3) is 0.308. The van der Waals surface area contributed by atoms with Gasteiger partial charge in [-0.1, -0.05) is 53.0 Å². The van der Waals surface area contributed by atoms with E-state index in [2.05, 4.69) is 10.3 Å². The van der Waals surface area contributed by atoms with Crippen molar-refractivity contribution in [2.75, 3.05) is 6.61 Å². The first-order chi connectivity index (χ1) is 9.41. The van der Waals surface area contributed by atoms with Gasteiger partial charge in [0.05, 0.1) is 12.6 Å². The molecule has 0 bridgehead atoms. The highest BCUT2D eigenvalue weighted by Crippen LogP contribution is 2.26. The van der Waals surface area contributed by atoms with Crippen molar-refractivity contribution in [3.63, 3.8) is 0 Å². The van der Waals surface area contributed by atoms with Crippen LogP contribution in [0.1, 0.15) is 5.56 Å². The number of alkyl halides is 3. The van der Waals surface area contributed by atoms with E-state index in [0.717, 1.165) is 16.5 Å². The van der Waals surface area contributed by atoms with Crippen LogP contribution in [0.15, 0.2) is 30.5 Å². The quantitative estimate of drug-likeness (QED) is 0.752. The molecule has 0 fully saturated rings. The molecule has 2 aromatic rings. The van der Waals surface area contributed by atoms with Crippen molar-refractivity contribution in [2.24, 2.45) is 0 Å². The number of aliphatic hydroxyl groups is 1. The predicted octanol–water partition coefficient (Wildman–Crippen LogP) is 2.56. The second-order valence-electron chi connectivity index (χ2n) is 4.41. The van der Waals surface area contributed by atoms with E-state index < -0.39 is 15.7 Å². The van der Waals surface area contributed by atoms with E-state index in [4.69, 9.17) is 34.8 Å². The van der Waals surface area contributed by atoms with E-state index in [9.17, 15) is 9.90 Å². The summed E-state index contributed by atoms with van der Waals surface area (Å²) in [6.07, 6.45) is 2.28. The van der Waals surface area contributed by atoms with E-state index in [1.165, 1.54) is 0 Å². The van der Waals surface area contributed by atoms with Crippen LogP contribution in [0.5, 0.6) is 0 Å². The van der Waals surface area contributed by atoms with Gasteiger partial charge in [0.2, 0.25) is 0 Å². The van der Waals surface area contributed by atoms with Crippen LogP contribution < -0.4 is 5.32 Å². The number of aromatic amines is 1. The van der Waals surface area contributed by atoms with Crippen molar-refractivity contribution in [3.8, 4) is 0 Å². The van der Waals surface area contributed by atoms with Gasteiger partial charge in [0.1, 0.15) is 0 Å². The number of benzene rings is 1. The van der Waals surface area contributed by atoms with E-state index in [-0.39, 0.29) is 6.61 Å². The molecule has 0 radical (unpaired) electrons. The number of hydrogen-bond acceptors (Lipinski definition) is 2. The molecule has 4 nitrogen and oxygen atoms in total. The van der Waals surface area contributed by atoms with Crippen molar-refractivity contribution < 1.29 is 9.90 Å². The number of halogens is 3. The molecule has 0 aliphatic heterocycles. The second kappa shape index (κ2) is 6.22. The highest BCUT2D eigenvalue weighted by atomic mass is 35.6. The first kappa shape index (κ1) is 15.4. The van der Waals surface area contributed by atoms with E-state index in [0.29, 0.717) is 6.42 Å². The Morgan fingerprint density at radius 2 is 2.05 bits per heavy atom. The van der Waals surface area contributed by atoms with E-state index in [1.54, 1.807) is 0 Å². The lowest BCUT2D eigenvalue weighted by atomic mass is 10.1. The van der Waals surface area contributed by atoms with Gasteiger partial charge in [0.15, 0.2) is 0 Å². The summed E-state index contributed by atoms with van der Waals surface area (Å²) in [6.45, 7) is -0.244. The summed E-state index contributed by atoms with van der Waals surface area (Å²) in [7, 11) is 0. The first-order valence-corrected chi connectivity index (χ1v) is 7.08. The fourth-order valence-electron chi connectivity index (χ4n) is 1.99. The van der Waals surface area contributed by atoms with Crippen LogP contribution in [0.4, 0.5) is 0 Å². The Morgan fingerprint density at radius 3 is 2.70 bits per heavy atom. The van der Waals surface area contributed by atoms with Crippen LogP contribution >= 0.6 is 34.8 Å². The average molecular weight is 336 g/mol. The summed E-state index contributed by atoms with van der Waals surface area (Å²) >= 11 is 16.5. The van der Waals surface area contributed by atoms with Crippen LogP contribution in [0.25, 0.3) is 10.9 Å². The summed E-state index contributed by atoms with van der Waals surface area (Å²) in [5.74, 6) is -0.749. The molecule has 1 aromatic carbocycles. The minimum atomic E-state index is -2.03. The van der Waals surface area contributed by atoms with Gasteiger partial charge in [-0.15, -0.1) is 0 Å². The first-order valence-electron chi connectivity index (χ1n) is 5.95. The number of nitrogens with one attached hydrogen (secondary N) is 2. The van der Waals surface area contributed by atoms with Crippen LogP contribution in [0.2, 0.25) is 0 Å². The maximum Gasteiger partial charge on any atom is 0.272 e. The zero-order valence-electron chi connectivity index (χ0n) is 10.4. The van der Waals surface area contributed by atoms with Gasteiger partial charge in [0.25, 0.3) is 9.70 Å². The van der Waals surface area contributed by atoms with Gasteiger partial charge in [-0.05, 0) is 18.1 Å². The largest absolute Gasteiger partial charge is 0.394 e. The standard InChI is InChI=1S/C13H13Cl3N2O2/c14-13(15,16)12(20)18-9(7-19)5-8-6-17-11-4-2-1-3-10(8)11/h1-4,6,9,17,19H,5,7H2,(H,18,20)/t9-/m0/s1. The molecule has 1 amide bonds. The van der Waals surface area contributed by atoms with E-state index >= 15 is 0 Å². The maximum atomic E-state index is 11.6. The fourth-order valence-corrected chi connectivity index (χ4v) is 2.16. The molecule has 0 saturated heterocycles. The molecule has 1 heterocycles. The lowest BCUT2D eigenvalue weighted by Crippen LogP contribution is -2.44. The minimum Gasteiger partial charge on any atom is -0.394 e. The van der Waals surface area contributed by atoms with Crippen molar-refractivity contribution in [2.45, 2.75) is 16.3 Å². The molecule has 0 aliphatic rings. The average Bonchev–Trinajstić information content (AvgIpc) is 2.80. The maximum absolute atomic E-state index is 11.6. The third-order valence-electron chi connectivity index (χ3n) is 2.95. The van der Waals surface area contributed by atoms with Crippen molar-refractivity contribution >= 4 is 51.6 Å². The Balaban J connectivity index is 2.12. The predicted molar refractivity (Wildman–Crippen MR) is 81.3 cm³/mol. The molecular weight excluding hydrogens is 323 g/mol. The number of carbonyl (C=O) groups is 1. The summed E-state index contributed by atoms with van der Waals surface area (Å²) in [6, 6.07) is 7.25. The van der Waals surface area contributed by atoms with Gasteiger partial charge >= 0.3 is 0 Å². The normalized spacial score (nSPS) is 13.4. The second-order valence-corrected chi connectivity index (χ2v) is 6.70. The van der Waals surface area contributed by atoms with Crippen LogP contribution in [-0.4, -0.2) is 32.4 Å². The molecule has 0 spiro atoms. The molecule has 108 valence electrons. The van der Waals surface area contributed by atoms with Crippen LogP contribution in [0.3, 0.4) is 0 Å². The summed E-state index contributed by atoms with van der Waals surface area (Å²) in [5, 5.41) is 12.9. The number of amides is 1. The number of hydrogen-bond donors (Lipinski definition) is 3. The smallest absolute Gasteiger partial charge is 0.272 e. The minimum absolute atomic E-state index is 0.244. The molecule has 1 atom stereocenters. The van der Waals surface area contributed by atoms with Gasteiger partial charge in [-0.2, -0.15) is 0 Å². The third kappa shape index (κ3) is 3.58. The number of fused-ring (bicyclic) bond motifs is 1. The van der Waals surface area contributed by atoms with E-state index in [1.807, 2.05) is 30.5 Å². The summed E-state index contributed by atoms with van der Waals surface area (Å²) < 4.78 is -2.03. The Kier molecular flexibility index (Phi) is 4.81. The monoisotopic (exact) mass is 334 g/mol. The third-order valence-corrected chi connectivity index (χ3v) is 3.47. The number of rotatable bonds is 4. The van der Waals surface area contributed by atoms with Crippen LogP contribution in [-0.2, 0) is 11.2 Å². The molecule has 0 aliphatic carbocycles. The molecule has 20 heavy (non-hydrogen) atoms. The molecular formula is C13H13Cl3N2O2. The molecule has 0 saturated carbocycles. The lowest BCUT2D eigenvalue weighted by Gasteiger charge is -2.19. The highest BCUT2D eigenvalue weighted by Gasteiger charge is 2.32. The molecule has 0 unspecified atom stereocenters. The highest BCUT2D eigenvalue weighted by molar-refractivity contribution is 6.76. The Bertz CT molecular complexity index is 607. The van der Waals surface area contributed by atoms with Gasteiger partial charge in [-0.25, -0.2) is 0 Å². The summed E-state index contributed by atoms with van der Waals surface area (Å²) in [5.41, 5.74) is 1.97. The van der Waals surface area contributed by atoms with Crippen molar-refractivity contribution in [3.05, 3.63) is 36.0 Å². The number of carbonyl (C=O) groups excluding carboxylic acids is 1. The topological polar surface area (TPSA) is 65.1 Å². The van der Waals surface area contributed by atoms with Crippen LogP contribution in [0, 0.1) is 0 Å². The molecule has 2 rings (SSSR count). The van der Waals surface area contributed by atoms with Crippen molar-refractivity contribution in [1.82, 2.24) is 10.3 Å². The summed E-state index contributed by atoms with van der Waals surface area (Å²) in [4.78, 5) is 14.7. The number of para-hydroxylation sites is 1. The Morgan fingerprint density at radius 1 is 1.35 bits per heavy atom. The SMILES string of the molecule is O=C(N[C@H](CO)Cc1c[nH]c2ccccc12)C(Cl)(Cl)Cl. The zero-order valence-corrected chi connectivity index (χ0v) is 12.6. The van der Waals surface area contributed by atoms with Gasteiger partial charge in [0, 0.05) is 17.1 Å².